The average Bonchev–Trinajstić information content (AvgIpc) is 3.33. The maximum atomic E-state index is 12.4. The second-order valence-electron chi connectivity index (χ2n) is 6.46. The first-order valence-corrected chi connectivity index (χ1v) is 8.87. The summed E-state index contributed by atoms with van der Waals surface area (Å²) >= 11 is 0. The first kappa shape index (κ1) is 16.4. The Bertz CT molecular complexity index is 865. The van der Waals surface area contributed by atoms with E-state index in [0.29, 0.717) is 18.1 Å². The van der Waals surface area contributed by atoms with Gasteiger partial charge in [0.1, 0.15) is 0 Å². The Morgan fingerprint density at radius 1 is 1.15 bits per heavy atom. The van der Waals surface area contributed by atoms with Gasteiger partial charge in [0.15, 0.2) is 5.69 Å². The molecule has 3 heterocycles. The summed E-state index contributed by atoms with van der Waals surface area (Å²) in [5.41, 5.74) is 2.06. The maximum absolute atomic E-state index is 12.4. The standard InChI is InChI=1S/C19H21N5O2/c25-19(17-11-18(26-22-17)23-9-5-2-6-10-23)21-16-12-20-24(14-16)13-15-7-3-1-4-8-15/h1,3-4,7-8,11-12,14H,2,5-6,9-10,13H2,(H,21,25). The van der Waals surface area contributed by atoms with Crippen molar-refractivity contribution >= 4 is 17.5 Å². The third-order valence-corrected chi connectivity index (χ3v) is 4.48. The molecule has 26 heavy (non-hydrogen) atoms. The number of amides is 1. The van der Waals surface area contributed by atoms with Crippen LogP contribution in [0, 0.1) is 0 Å². The Balaban J connectivity index is 1.38. The number of aromatic nitrogens is 3. The Morgan fingerprint density at radius 2 is 1.96 bits per heavy atom. The monoisotopic (exact) mass is 351 g/mol. The molecule has 134 valence electrons. The van der Waals surface area contributed by atoms with Crippen LogP contribution in [0.25, 0.3) is 0 Å². The molecule has 0 unspecified atom stereocenters. The average molecular weight is 351 g/mol. The molecular formula is C19H21N5O2. The van der Waals surface area contributed by atoms with Gasteiger partial charge in [-0.05, 0) is 24.8 Å². The van der Waals surface area contributed by atoms with Gasteiger partial charge in [0.25, 0.3) is 5.91 Å². The number of carbonyl (C=O) groups is 1. The van der Waals surface area contributed by atoms with Crippen LogP contribution in [-0.4, -0.2) is 33.9 Å². The predicted molar refractivity (Wildman–Crippen MR) is 98.3 cm³/mol. The number of benzene rings is 1. The van der Waals surface area contributed by atoms with Gasteiger partial charge in [-0.2, -0.15) is 5.10 Å². The lowest BCUT2D eigenvalue weighted by Crippen LogP contribution is -2.28. The van der Waals surface area contributed by atoms with Crippen LogP contribution in [0.3, 0.4) is 0 Å². The Labute approximate surface area is 151 Å². The molecule has 0 spiro atoms. The second-order valence-corrected chi connectivity index (χ2v) is 6.46. The lowest BCUT2D eigenvalue weighted by atomic mass is 10.1. The van der Waals surface area contributed by atoms with Crippen molar-refractivity contribution in [3.05, 3.63) is 60.0 Å². The van der Waals surface area contributed by atoms with Crippen LogP contribution in [0.5, 0.6) is 0 Å². The zero-order chi connectivity index (χ0) is 17.8. The zero-order valence-corrected chi connectivity index (χ0v) is 14.5. The summed E-state index contributed by atoms with van der Waals surface area (Å²) in [6.07, 6.45) is 6.96. The van der Waals surface area contributed by atoms with Gasteiger partial charge in [-0.25, -0.2) is 0 Å². The molecule has 4 rings (SSSR count). The molecule has 2 aromatic heterocycles. The Morgan fingerprint density at radius 3 is 2.77 bits per heavy atom. The van der Waals surface area contributed by atoms with Crippen molar-refractivity contribution < 1.29 is 9.32 Å². The summed E-state index contributed by atoms with van der Waals surface area (Å²) in [6, 6.07) is 11.7. The van der Waals surface area contributed by atoms with Gasteiger partial charge in [-0.3, -0.25) is 9.48 Å². The largest absolute Gasteiger partial charge is 0.341 e. The molecule has 7 nitrogen and oxygen atoms in total. The van der Waals surface area contributed by atoms with Crippen LogP contribution < -0.4 is 10.2 Å². The van der Waals surface area contributed by atoms with Crippen molar-refractivity contribution in [1.29, 1.82) is 0 Å². The fourth-order valence-electron chi connectivity index (χ4n) is 3.12. The summed E-state index contributed by atoms with van der Waals surface area (Å²) in [6.45, 7) is 2.55. The van der Waals surface area contributed by atoms with Gasteiger partial charge in [0.05, 0.1) is 18.4 Å². The van der Waals surface area contributed by atoms with Crippen LogP contribution in [0.4, 0.5) is 11.6 Å². The first-order valence-electron chi connectivity index (χ1n) is 8.87. The highest BCUT2D eigenvalue weighted by atomic mass is 16.5. The van der Waals surface area contributed by atoms with E-state index in [1.54, 1.807) is 23.1 Å². The molecular weight excluding hydrogens is 330 g/mol. The Kier molecular flexibility index (Phi) is 4.68. The van der Waals surface area contributed by atoms with Crippen LogP contribution in [0.1, 0.15) is 35.3 Å². The highest BCUT2D eigenvalue weighted by Crippen LogP contribution is 2.21. The molecule has 1 fully saturated rings. The number of nitrogens with one attached hydrogen (secondary N) is 1. The summed E-state index contributed by atoms with van der Waals surface area (Å²) < 4.78 is 7.13. The van der Waals surface area contributed by atoms with Crippen molar-refractivity contribution in [2.24, 2.45) is 0 Å². The van der Waals surface area contributed by atoms with Gasteiger partial charge in [0, 0.05) is 25.4 Å². The van der Waals surface area contributed by atoms with Crippen LogP contribution in [0.15, 0.2) is 53.3 Å². The van der Waals surface area contributed by atoms with Crippen LogP contribution >= 0.6 is 0 Å². The van der Waals surface area contributed by atoms with E-state index in [2.05, 4.69) is 20.5 Å². The van der Waals surface area contributed by atoms with Gasteiger partial charge >= 0.3 is 0 Å². The molecule has 0 bridgehead atoms. The second kappa shape index (κ2) is 7.43. The van der Waals surface area contributed by atoms with Crippen LogP contribution in [-0.2, 0) is 6.54 Å². The van der Waals surface area contributed by atoms with Crippen molar-refractivity contribution in [1.82, 2.24) is 14.9 Å². The topological polar surface area (TPSA) is 76.2 Å². The molecule has 0 radical (unpaired) electrons. The minimum absolute atomic E-state index is 0.279. The van der Waals surface area contributed by atoms with Gasteiger partial charge in [0.2, 0.25) is 5.88 Å². The molecule has 1 saturated heterocycles. The molecule has 7 heteroatoms. The van der Waals surface area contributed by atoms with E-state index in [1.807, 2.05) is 30.3 Å². The number of piperidine rings is 1. The number of hydrogen-bond donors (Lipinski definition) is 1. The molecule has 1 aromatic carbocycles. The third kappa shape index (κ3) is 3.77. The van der Waals surface area contributed by atoms with E-state index in [0.717, 1.165) is 31.5 Å². The van der Waals surface area contributed by atoms with Crippen molar-refractivity contribution in [3.8, 4) is 0 Å². The SMILES string of the molecule is O=C(Nc1cnn(Cc2ccccc2)c1)c1cc(N2CCCCC2)on1. The lowest BCUT2D eigenvalue weighted by Gasteiger charge is -2.25. The van der Waals surface area contributed by atoms with E-state index in [-0.39, 0.29) is 11.6 Å². The fraction of sp³-hybridized carbons (Fsp3) is 0.316. The highest BCUT2D eigenvalue weighted by Gasteiger charge is 2.19. The first-order chi connectivity index (χ1) is 12.8. The number of hydrogen-bond acceptors (Lipinski definition) is 5. The van der Waals surface area contributed by atoms with Crippen molar-refractivity contribution in [2.45, 2.75) is 25.8 Å². The lowest BCUT2D eigenvalue weighted by molar-refractivity contribution is 0.101. The summed E-state index contributed by atoms with van der Waals surface area (Å²) in [7, 11) is 0. The molecule has 0 saturated carbocycles. The summed E-state index contributed by atoms with van der Waals surface area (Å²) in [5.74, 6) is 0.367. The number of anilines is 2. The molecule has 1 N–H and O–H groups in total. The van der Waals surface area contributed by atoms with Gasteiger partial charge in [-0.15, -0.1) is 0 Å². The minimum Gasteiger partial charge on any atom is -0.341 e. The summed E-state index contributed by atoms with van der Waals surface area (Å²) in [4.78, 5) is 14.5. The normalized spacial score (nSPS) is 14.4. The zero-order valence-electron chi connectivity index (χ0n) is 14.5. The Hall–Kier alpha value is -3.09. The quantitative estimate of drug-likeness (QED) is 0.764. The molecule has 1 aliphatic heterocycles. The smallest absolute Gasteiger partial charge is 0.278 e. The predicted octanol–water partition coefficient (Wildman–Crippen LogP) is 3.16. The van der Waals surface area contributed by atoms with E-state index in [1.165, 1.54) is 6.42 Å². The highest BCUT2D eigenvalue weighted by molar-refractivity contribution is 6.03. The minimum atomic E-state index is -0.295. The number of rotatable bonds is 5. The van der Waals surface area contributed by atoms with Crippen molar-refractivity contribution in [2.75, 3.05) is 23.3 Å². The molecule has 1 aliphatic rings. The molecule has 0 aliphatic carbocycles. The van der Waals surface area contributed by atoms with E-state index in [4.69, 9.17) is 4.52 Å². The van der Waals surface area contributed by atoms with E-state index < -0.39 is 0 Å². The molecule has 0 atom stereocenters. The maximum Gasteiger partial charge on any atom is 0.278 e. The third-order valence-electron chi connectivity index (χ3n) is 4.48. The van der Waals surface area contributed by atoms with Crippen LogP contribution in [0.2, 0.25) is 0 Å². The number of carbonyl (C=O) groups excluding carboxylic acids is 1. The molecule has 1 amide bonds. The fourth-order valence-corrected chi connectivity index (χ4v) is 3.12. The van der Waals surface area contributed by atoms with Gasteiger partial charge < -0.3 is 14.7 Å². The molecule has 3 aromatic rings. The number of nitrogens with zero attached hydrogens (tertiary/aromatic N) is 4. The van der Waals surface area contributed by atoms with E-state index in [9.17, 15) is 4.79 Å². The summed E-state index contributed by atoms with van der Waals surface area (Å²) in [5, 5.41) is 11.0. The van der Waals surface area contributed by atoms with Crippen molar-refractivity contribution in [3.63, 3.8) is 0 Å². The van der Waals surface area contributed by atoms with E-state index >= 15 is 0 Å². The van der Waals surface area contributed by atoms with Gasteiger partial charge in [-0.1, -0.05) is 35.5 Å².